The van der Waals surface area contributed by atoms with Gasteiger partial charge in [-0.15, -0.1) is 0 Å². The predicted octanol–water partition coefficient (Wildman–Crippen LogP) is 10.1. The van der Waals surface area contributed by atoms with Crippen molar-refractivity contribution in [3.05, 3.63) is 0 Å². The number of rotatable bonds is 25. The van der Waals surface area contributed by atoms with E-state index >= 15 is 0 Å². The second-order valence-electron chi connectivity index (χ2n) is 10.2. The summed E-state index contributed by atoms with van der Waals surface area (Å²) in [6.45, 7) is 15.2. The molecule has 0 fully saturated rings. The summed E-state index contributed by atoms with van der Waals surface area (Å²) in [5, 5.41) is 0. The Bertz CT molecular complexity index is 266. The molecule has 0 saturated carbocycles. The van der Waals surface area contributed by atoms with Crippen molar-refractivity contribution in [2.75, 3.05) is 26.2 Å². The summed E-state index contributed by atoms with van der Waals surface area (Å²) >= 11 is 0. The zero-order valence-electron chi connectivity index (χ0n) is 22.1. The molecule has 0 unspecified atom stereocenters. The minimum atomic E-state index is 1.36. The number of quaternary nitrogens is 1. The lowest BCUT2D eigenvalue weighted by Gasteiger charge is -2.38. The lowest BCUT2D eigenvalue weighted by Crippen LogP contribution is -2.50. The van der Waals surface area contributed by atoms with Crippen LogP contribution in [0.25, 0.3) is 0 Å². The largest absolute Gasteiger partial charge is 0.324 e. The first-order valence-corrected chi connectivity index (χ1v) is 14.6. The van der Waals surface area contributed by atoms with Crippen LogP contribution in [0.4, 0.5) is 0 Å². The van der Waals surface area contributed by atoms with Crippen LogP contribution < -0.4 is 0 Å². The number of hydrogen-bond acceptors (Lipinski definition) is 0. The van der Waals surface area contributed by atoms with Crippen LogP contribution in [0.15, 0.2) is 0 Å². The first-order chi connectivity index (χ1) is 14.7. The molecule has 0 atom stereocenters. The van der Waals surface area contributed by atoms with Crippen molar-refractivity contribution in [3.63, 3.8) is 0 Å². The fourth-order valence-electron chi connectivity index (χ4n) is 5.02. The zero-order valence-corrected chi connectivity index (χ0v) is 22.1. The van der Waals surface area contributed by atoms with E-state index in [1.807, 2.05) is 0 Å². The van der Waals surface area contributed by atoms with Crippen molar-refractivity contribution in [3.8, 4) is 0 Å². The minimum absolute atomic E-state index is 1.36. The van der Waals surface area contributed by atoms with Crippen LogP contribution in [0.3, 0.4) is 0 Å². The molecule has 0 spiro atoms. The third-order valence-corrected chi connectivity index (χ3v) is 7.38. The van der Waals surface area contributed by atoms with Crippen molar-refractivity contribution in [1.29, 1.82) is 0 Å². The van der Waals surface area contributed by atoms with E-state index in [9.17, 15) is 0 Å². The Morgan fingerprint density at radius 2 is 0.533 bits per heavy atom. The van der Waals surface area contributed by atoms with Gasteiger partial charge in [-0.3, -0.25) is 0 Å². The summed E-state index contributed by atoms with van der Waals surface area (Å²) in [7, 11) is 0. The van der Waals surface area contributed by atoms with E-state index in [0.29, 0.717) is 0 Å². The summed E-state index contributed by atoms with van der Waals surface area (Å²) < 4.78 is 1.43. The summed E-state index contributed by atoms with van der Waals surface area (Å²) in [5.41, 5.74) is 0. The van der Waals surface area contributed by atoms with E-state index in [-0.39, 0.29) is 0 Å². The van der Waals surface area contributed by atoms with E-state index in [4.69, 9.17) is 0 Å². The molecule has 0 saturated heterocycles. The first-order valence-electron chi connectivity index (χ1n) is 14.6. The number of nitrogens with zero attached hydrogens (tertiary/aromatic N) is 1. The molecule has 0 radical (unpaired) electrons. The highest BCUT2D eigenvalue weighted by molar-refractivity contribution is 4.53. The van der Waals surface area contributed by atoms with Crippen molar-refractivity contribution in [2.24, 2.45) is 0 Å². The van der Waals surface area contributed by atoms with Gasteiger partial charge in [-0.05, 0) is 45.4 Å². The lowest BCUT2D eigenvalue weighted by atomic mass is 10.1. The molecular weight excluding hydrogens is 362 g/mol. The molecule has 0 aromatic carbocycles. The second kappa shape index (κ2) is 23.6. The monoisotopic (exact) mass is 424 g/mol. The minimum Gasteiger partial charge on any atom is -0.324 e. The third-order valence-electron chi connectivity index (χ3n) is 7.38. The van der Waals surface area contributed by atoms with Crippen LogP contribution in [-0.2, 0) is 0 Å². The maximum Gasteiger partial charge on any atom is 0.0786 e. The summed E-state index contributed by atoms with van der Waals surface area (Å²) in [5.74, 6) is 0. The SMILES string of the molecule is CCCCCCCCC[N+](CC)(CCCCCCCCC)CCCCCCCCC. The highest BCUT2D eigenvalue weighted by Crippen LogP contribution is 2.18. The van der Waals surface area contributed by atoms with E-state index in [1.54, 1.807) is 0 Å². The maximum atomic E-state index is 2.48. The van der Waals surface area contributed by atoms with E-state index in [0.717, 1.165) is 0 Å². The van der Waals surface area contributed by atoms with Gasteiger partial charge in [-0.1, -0.05) is 117 Å². The van der Waals surface area contributed by atoms with Gasteiger partial charge in [0.25, 0.3) is 0 Å². The maximum absolute atomic E-state index is 2.48. The molecule has 30 heavy (non-hydrogen) atoms. The molecule has 0 heterocycles. The molecule has 1 heteroatoms. The van der Waals surface area contributed by atoms with Gasteiger partial charge < -0.3 is 4.48 Å². The summed E-state index contributed by atoms with van der Waals surface area (Å²) in [4.78, 5) is 0. The molecular formula is C29H62N+. The zero-order chi connectivity index (χ0) is 22.2. The van der Waals surface area contributed by atoms with Crippen molar-refractivity contribution in [1.82, 2.24) is 0 Å². The third kappa shape index (κ3) is 18.7. The molecule has 0 bridgehead atoms. The van der Waals surface area contributed by atoms with Gasteiger partial charge in [0.1, 0.15) is 0 Å². The molecule has 0 N–H and O–H groups in total. The number of hydrogen-bond donors (Lipinski definition) is 0. The van der Waals surface area contributed by atoms with Gasteiger partial charge in [0.15, 0.2) is 0 Å². The van der Waals surface area contributed by atoms with E-state index in [2.05, 4.69) is 27.7 Å². The lowest BCUT2D eigenvalue weighted by molar-refractivity contribution is -0.927. The van der Waals surface area contributed by atoms with Gasteiger partial charge in [-0.2, -0.15) is 0 Å². The molecule has 0 aliphatic rings. The standard InChI is InChI=1S/C29H62N/c1-5-9-12-15-18-21-24-27-30(8-4,28-25-22-19-16-13-10-6-2)29-26-23-20-17-14-11-7-3/h5-29H2,1-4H3/q+1. The van der Waals surface area contributed by atoms with Crippen LogP contribution in [0, 0.1) is 0 Å². The first kappa shape index (κ1) is 30.0. The second-order valence-corrected chi connectivity index (χ2v) is 10.2. The Kier molecular flexibility index (Phi) is 23.6. The molecule has 0 amide bonds. The van der Waals surface area contributed by atoms with Crippen LogP contribution in [0.2, 0.25) is 0 Å². The molecule has 0 aromatic rings. The van der Waals surface area contributed by atoms with Gasteiger partial charge in [-0.25, -0.2) is 0 Å². The molecule has 1 nitrogen and oxygen atoms in total. The Morgan fingerprint density at radius 3 is 0.767 bits per heavy atom. The van der Waals surface area contributed by atoms with E-state index < -0.39 is 0 Å². The van der Waals surface area contributed by atoms with Crippen LogP contribution in [-0.4, -0.2) is 30.7 Å². The number of unbranched alkanes of at least 4 members (excludes halogenated alkanes) is 18. The van der Waals surface area contributed by atoms with Gasteiger partial charge in [0.2, 0.25) is 0 Å². The van der Waals surface area contributed by atoms with Crippen LogP contribution in [0.1, 0.15) is 163 Å². The summed E-state index contributed by atoms with van der Waals surface area (Å²) in [6.07, 6.45) is 30.4. The van der Waals surface area contributed by atoms with Gasteiger partial charge >= 0.3 is 0 Å². The molecule has 0 aromatic heterocycles. The Balaban J connectivity index is 4.23. The Labute approximate surface area is 193 Å². The highest BCUT2D eigenvalue weighted by atomic mass is 15.3. The molecule has 182 valence electrons. The average molecular weight is 425 g/mol. The van der Waals surface area contributed by atoms with Crippen molar-refractivity contribution < 1.29 is 4.48 Å². The fourth-order valence-corrected chi connectivity index (χ4v) is 5.02. The van der Waals surface area contributed by atoms with Crippen molar-refractivity contribution >= 4 is 0 Å². The highest BCUT2D eigenvalue weighted by Gasteiger charge is 2.23. The van der Waals surface area contributed by atoms with Crippen LogP contribution >= 0.6 is 0 Å². The average Bonchev–Trinajstić information content (AvgIpc) is 2.76. The van der Waals surface area contributed by atoms with Gasteiger partial charge in [0, 0.05) is 0 Å². The van der Waals surface area contributed by atoms with E-state index in [1.165, 1.54) is 165 Å². The predicted molar refractivity (Wildman–Crippen MR) is 139 cm³/mol. The Hall–Kier alpha value is -0.0400. The smallest absolute Gasteiger partial charge is 0.0786 e. The molecule has 0 aliphatic carbocycles. The normalized spacial score (nSPS) is 12.0. The summed E-state index contributed by atoms with van der Waals surface area (Å²) in [6, 6.07) is 0. The Morgan fingerprint density at radius 1 is 0.300 bits per heavy atom. The van der Waals surface area contributed by atoms with Crippen LogP contribution in [0.5, 0.6) is 0 Å². The van der Waals surface area contributed by atoms with Crippen molar-refractivity contribution in [2.45, 2.75) is 163 Å². The quantitative estimate of drug-likeness (QED) is 0.101. The van der Waals surface area contributed by atoms with Gasteiger partial charge in [0.05, 0.1) is 26.2 Å². The molecule has 0 rings (SSSR count). The topological polar surface area (TPSA) is 0 Å². The molecule has 0 aliphatic heterocycles. The fraction of sp³-hybridized carbons (Fsp3) is 1.00.